The summed E-state index contributed by atoms with van der Waals surface area (Å²) in [5.74, 6) is -1.84. The lowest BCUT2D eigenvalue weighted by Gasteiger charge is -2.26. The number of carbonyl (C=O) groups is 1. The molecular formula is C12H16FNO2. The Morgan fingerprint density at radius 3 is 2.56 bits per heavy atom. The Morgan fingerprint density at radius 2 is 2.12 bits per heavy atom. The molecule has 0 radical (unpaired) electrons. The molecule has 1 rings (SSSR count). The van der Waals surface area contributed by atoms with E-state index in [1.165, 1.54) is 12.3 Å². The third kappa shape index (κ3) is 3.29. The lowest BCUT2D eigenvalue weighted by atomic mass is 9.77. The highest BCUT2D eigenvalue weighted by atomic mass is 19.1. The Hall–Kier alpha value is -1.45. The van der Waals surface area contributed by atoms with Crippen molar-refractivity contribution in [2.24, 2.45) is 11.3 Å². The van der Waals surface area contributed by atoms with Gasteiger partial charge in [0.15, 0.2) is 0 Å². The number of nitrogens with zero attached hydrogens (tertiary/aromatic N) is 1. The van der Waals surface area contributed by atoms with Crippen molar-refractivity contribution >= 4 is 5.97 Å². The van der Waals surface area contributed by atoms with Crippen LogP contribution in [0.25, 0.3) is 0 Å². The van der Waals surface area contributed by atoms with Crippen molar-refractivity contribution < 1.29 is 14.3 Å². The van der Waals surface area contributed by atoms with Crippen LogP contribution in [-0.2, 0) is 11.2 Å². The number of hydrogen-bond donors (Lipinski definition) is 1. The van der Waals surface area contributed by atoms with E-state index in [4.69, 9.17) is 5.11 Å². The van der Waals surface area contributed by atoms with Crippen LogP contribution in [0.5, 0.6) is 0 Å². The van der Waals surface area contributed by atoms with Gasteiger partial charge in [0.05, 0.1) is 12.1 Å². The maximum Gasteiger partial charge on any atom is 0.307 e. The van der Waals surface area contributed by atoms with E-state index in [1.54, 1.807) is 0 Å². The Balaban J connectivity index is 2.89. The molecule has 0 aromatic carbocycles. The zero-order chi connectivity index (χ0) is 12.3. The summed E-state index contributed by atoms with van der Waals surface area (Å²) in [6, 6.07) is 1.33. The molecule has 1 aromatic rings. The van der Waals surface area contributed by atoms with Crippen LogP contribution in [-0.4, -0.2) is 16.1 Å². The Morgan fingerprint density at radius 1 is 1.50 bits per heavy atom. The largest absolute Gasteiger partial charge is 0.481 e. The molecular weight excluding hydrogens is 209 g/mol. The van der Waals surface area contributed by atoms with E-state index in [-0.39, 0.29) is 5.41 Å². The topological polar surface area (TPSA) is 50.2 Å². The van der Waals surface area contributed by atoms with Crippen molar-refractivity contribution in [3.8, 4) is 0 Å². The van der Waals surface area contributed by atoms with Crippen LogP contribution in [0.3, 0.4) is 0 Å². The summed E-state index contributed by atoms with van der Waals surface area (Å²) < 4.78 is 12.9. The number of halogens is 1. The van der Waals surface area contributed by atoms with Gasteiger partial charge in [-0.15, -0.1) is 0 Å². The maximum absolute atomic E-state index is 12.9. The fraction of sp³-hybridized carbons (Fsp3) is 0.500. The summed E-state index contributed by atoms with van der Waals surface area (Å²) in [5.41, 5.74) is 0.250. The van der Waals surface area contributed by atoms with Gasteiger partial charge in [0.25, 0.3) is 0 Å². The van der Waals surface area contributed by atoms with E-state index in [9.17, 15) is 9.18 Å². The molecule has 0 aliphatic carbocycles. The van der Waals surface area contributed by atoms with Gasteiger partial charge in [-0.3, -0.25) is 9.78 Å². The fourth-order valence-corrected chi connectivity index (χ4v) is 1.57. The molecule has 1 aromatic heterocycles. The number of rotatable bonds is 3. The summed E-state index contributed by atoms with van der Waals surface area (Å²) in [7, 11) is 0. The summed E-state index contributed by atoms with van der Waals surface area (Å²) >= 11 is 0. The van der Waals surface area contributed by atoms with Gasteiger partial charge in [0, 0.05) is 6.20 Å². The standard InChI is InChI=1S/C12H16FNO2/c1-12(2,3)10(11(15)16)5-8-4-9(13)7-14-6-8/h4,6-7,10H,5H2,1-3H3,(H,15,16). The summed E-state index contributed by atoms with van der Waals surface area (Å²) in [5, 5.41) is 9.13. The number of pyridine rings is 1. The van der Waals surface area contributed by atoms with Crippen molar-refractivity contribution in [3.63, 3.8) is 0 Å². The van der Waals surface area contributed by atoms with Crippen LogP contribution in [0.4, 0.5) is 4.39 Å². The minimum absolute atomic E-state index is 0.295. The molecule has 1 heterocycles. The van der Waals surface area contributed by atoms with Crippen molar-refractivity contribution in [3.05, 3.63) is 29.8 Å². The summed E-state index contributed by atoms with van der Waals surface area (Å²) in [6.07, 6.45) is 2.91. The molecule has 0 spiro atoms. The van der Waals surface area contributed by atoms with Gasteiger partial charge in [0.1, 0.15) is 5.82 Å². The van der Waals surface area contributed by atoms with Crippen LogP contribution in [0.2, 0.25) is 0 Å². The van der Waals surface area contributed by atoms with Crippen molar-refractivity contribution in [2.75, 3.05) is 0 Å². The van der Waals surface area contributed by atoms with Gasteiger partial charge in [-0.1, -0.05) is 20.8 Å². The summed E-state index contributed by atoms with van der Waals surface area (Å²) in [6.45, 7) is 5.58. The van der Waals surface area contributed by atoms with Crippen molar-refractivity contribution in [1.29, 1.82) is 0 Å². The Kier molecular flexibility index (Phi) is 3.62. The molecule has 4 heteroatoms. The quantitative estimate of drug-likeness (QED) is 0.859. The van der Waals surface area contributed by atoms with E-state index >= 15 is 0 Å². The molecule has 0 amide bonds. The van der Waals surface area contributed by atoms with E-state index < -0.39 is 17.7 Å². The normalized spacial score (nSPS) is 13.5. The third-order valence-electron chi connectivity index (χ3n) is 2.54. The molecule has 1 atom stereocenters. The molecule has 88 valence electrons. The Labute approximate surface area is 94.3 Å². The van der Waals surface area contributed by atoms with Gasteiger partial charge in [-0.05, 0) is 23.5 Å². The molecule has 0 aliphatic heterocycles. The molecule has 0 saturated heterocycles. The van der Waals surface area contributed by atoms with E-state index in [1.807, 2.05) is 20.8 Å². The van der Waals surface area contributed by atoms with Gasteiger partial charge >= 0.3 is 5.97 Å². The van der Waals surface area contributed by atoms with E-state index in [2.05, 4.69) is 4.98 Å². The third-order valence-corrected chi connectivity index (χ3v) is 2.54. The van der Waals surface area contributed by atoms with Crippen LogP contribution in [0.15, 0.2) is 18.5 Å². The first kappa shape index (κ1) is 12.6. The summed E-state index contributed by atoms with van der Waals surface area (Å²) in [4.78, 5) is 14.8. The smallest absolute Gasteiger partial charge is 0.307 e. The molecule has 0 fully saturated rings. The van der Waals surface area contributed by atoms with Crippen LogP contribution in [0.1, 0.15) is 26.3 Å². The molecule has 3 nitrogen and oxygen atoms in total. The fourth-order valence-electron chi connectivity index (χ4n) is 1.57. The lowest BCUT2D eigenvalue weighted by molar-refractivity contribution is -0.145. The first-order chi connectivity index (χ1) is 7.30. The number of aliphatic carboxylic acids is 1. The monoisotopic (exact) mass is 225 g/mol. The first-order valence-corrected chi connectivity index (χ1v) is 5.13. The molecule has 0 saturated carbocycles. The highest BCUT2D eigenvalue weighted by Gasteiger charge is 2.31. The average molecular weight is 225 g/mol. The average Bonchev–Trinajstić information content (AvgIpc) is 2.12. The van der Waals surface area contributed by atoms with E-state index in [0.717, 1.165) is 6.20 Å². The Bertz CT molecular complexity index is 385. The second-order valence-corrected chi connectivity index (χ2v) is 4.97. The second kappa shape index (κ2) is 4.60. The number of hydrogen-bond acceptors (Lipinski definition) is 2. The van der Waals surface area contributed by atoms with Gasteiger partial charge in [-0.25, -0.2) is 4.39 Å². The predicted octanol–water partition coefficient (Wildman–Crippen LogP) is 2.51. The molecule has 0 aliphatic rings. The highest BCUT2D eigenvalue weighted by molar-refractivity contribution is 5.71. The van der Waals surface area contributed by atoms with Gasteiger partial charge in [0.2, 0.25) is 0 Å². The predicted molar refractivity (Wildman–Crippen MR) is 58.5 cm³/mol. The minimum Gasteiger partial charge on any atom is -0.481 e. The zero-order valence-corrected chi connectivity index (χ0v) is 9.70. The highest BCUT2D eigenvalue weighted by Crippen LogP contribution is 2.29. The van der Waals surface area contributed by atoms with Crippen LogP contribution >= 0.6 is 0 Å². The van der Waals surface area contributed by atoms with Crippen molar-refractivity contribution in [2.45, 2.75) is 27.2 Å². The lowest BCUT2D eigenvalue weighted by Crippen LogP contribution is -2.30. The van der Waals surface area contributed by atoms with Crippen LogP contribution < -0.4 is 0 Å². The van der Waals surface area contributed by atoms with E-state index in [0.29, 0.717) is 12.0 Å². The van der Waals surface area contributed by atoms with Gasteiger partial charge < -0.3 is 5.11 Å². The second-order valence-electron chi connectivity index (χ2n) is 4.97. The van der Waals surface area contributed by atoms with Crippen LogP contribution in [0, 0.1) is 17.2 Å². The number of aromatic nitrogens is 1. The molecule has 1 N–H and O–H groups in total. The van der Waals surface area contributed by atoms with Crippen molar-refractivity contribution in [1.82, 2.24) is 4.98 Å². The first-order valence-electron chi connectivity index (χ1n) is 5.13. The molecule has 1 unspecified atom stereocenters. The molecule has 0 bridgehead atoms. The molecule has 16 heavy (non-hydrogen) atoms. The minimum atomic E-state index is -0.864. The number of carboxylic acid groups (broad SMARTS) is 1. The SMILES string of the molecule is CC(C)(C)C(Cc1cncc(F)c1)C(=O)O. The zero-order valence-electron chi connectivity index (χ0n) is 9.70. The van der Waals surface area contributed by atoms with Gasteiger partial charge in [-0.2, -0.15) is 0 Å². The number of carboxylic acids is 1. The maximum atomic E-state index is 12.9.